The van der Waals surface area contributed by atoms with Gasteiger partial charge in [-0.2, -0.15) is 0 Å². The topological polar surface area (TPSA) is 68.0 Å². The molecule has 1 fully saturated rings. The average molecular weight is 269 g/mol. The molecule has 3 rings (SSSR count). The highest BCUT2D eigenvalue weighted by Gasteiger charge is 2.24. The summed E-state index contributed by atoms with van der Waals surface area (Å²) in [5.41, 5.74) is 8.37. The fraction of sp³-hybridized carbons (Fsp3) is 0.375. The highest BCUT2D eigenvalue weighted by molar-refractivity contribution is 5.85. The maximum atomic E-state index is 11.7. The number of nitrogens with one attached hydrogen (secondary N) is 1. The van der Waals surface area contributed by atoms with Crippen molar-refractivity contribution in [2.45, 2.75) is 25.8 Å². The van der Waals surface area contributed by atoms with Gasteiger partial charge in [0.05, 0.1) is 5.52 Å². The molecule has 104 valence electrons. The van der Waals surface area contributed by atoms with E-state index >= 15 is 0 Å². The third-order valence-electron chi connectivity index (χ3n) is 3.78. The summed E-state index contributed by atoms with van der Waals surface area (Å²) >= 11 is 0. The molecule has 1 aromatic heterocycles. The molecule has 1 aliphatic rings. The molecule has 2 aromatic rings. The van der Waals surface area contributed by atoms with Gasteiger partial charge in [0.15, 0.2) is 0 Å². The third-order valence-corrected chi connectivity index (χ3v) is 3.78. The van der Waals surface area contributed by atoms with Gasteiger partial charge >= 0.3 is 0 Å². The Balaban J connectivity index is 1.88. The van der Waals surface area contributed by atoms with Crippen LogP contribution in [0.25, 0.3) is 10.9 Å². The van der Waals surface area contributed by atoms with E-state index < -0.39 is 6.04 Å². The molecule has 1 saturated carbocycles. The zero-order chi connectivity index (χ0) is 14.1. The zero-order valence-electron chi connectivity index (χ0n) is 11.6. The lowest BCUT2D eigenvalue weighted by Crippen LogP contribution is -2.34. The molecule has 4 heteroatoms. The molecule has 1 unspecified atom stereocenters. The quantitative estimate of drug-likeness (QED) is 0.873. The standard InChI is InChI=1S/C16H19N3O/c1-10-2-5-12-8-13(6-7-14(12)19-10)15(16(17)20)18-9-11-3-4-11/h2,5-8,11,15,18H,3-4,9H2,1H3,(H2,17,20). The summed E-state index contributed by atoms with van der Waals surface area (Å²) in [5, 5.41) is 4.31. The van der Waals surface area contributed by atoms with Crippen LogP contribution >= 0.6 is 0 Å². The van der Waals surface area contributed by atoms with Gasteiger partial charge in [-0.3, -0.25) is 9.78 Å². The van der Waals surface area contributed by atoms with Gasteiger partial charge in [0.25, 0.3) is 0 Å². The molecule has 1 amide bonds. The summed E-state index contributed by atoms with van der Waals surface area (Å²) in [7, 11) is 0. The van der Waals surface area contributed by atoms with E-state index in [1.807, 2.05) is 37.3 Å². The molecule has 0 aliphatic heterocycles. The number of rotatable bonds is 5. The van der Waals surface area contributed by atoms with Crippen molar-refractivity contribution in [3.05, 3.63) is 41.6 Å². The number of pyridine rings is 1. The minimum absolute atomic E-state index is 0.329. The Hall–Kier alpha value is -1.94. The average Bonchev–Trinajstić information content (AvgIpc) is 3.23. The third kappa shape index (κ3) is 2.80. The van der Waals surface area contributed by atoms with Gasteiger partial charge in [0.1, 0.15) is 6.04 Å². The molecule has 1 atom stereocenters. The number of amides is 1. The first-order valence-electron chi connectivity index (χ1n) is 7.03. The van der Waals surface area contributed by atoms with Gasteiger partial charge in [0, 0.05) is 11.1 Å². The summed E-state index contributed by atoms with van der Waals surface area (Å²) < 4.78 is 0. The monoisotopic (exact) mass is 269 g/mol. The molecule has 0 saturated heterocycles. The second-order valence-corrected chi connectivity index (χ2v) is 5.59. The minimum atomic E-state index is -0.415. The van der Waals surface area contributed by atoms with Crippen molar-refractivity contribution in [3.8, 4) is 0 Å². The molecule has 1 aliphatic carbocycles. The highest BCUT2D eigenvalue weighted by Crippen LogP contribution is 2.29. The number of carbonyl (C=O) groups is 1. The molecule has 0 bridgehead atoms. The Kier molecular flexibility index (Phi) is 3.40. The number of aryl methyl sites for hydroxylation is 1. The van der Waals surface area contributed by atoms with E-state index in [9.17, 15) is 4.79 Å². The van der Waals surface area contributed by atoms with E-state index in [1.165, 1.54) is 12.8 Å². The van der Waals surface area contributed by atoms with Gasteiger partial charge in [-0.15, -0.1) is 0 Å². The van der Waals surface area contributed by atoms with E-state index in [1.54, 1.807) is 0 Å². The number of carbonyl (C=O) groups excluding carboxylic acids is 1. The number of aromatic nitrogens is 1. The van der Waals surface area contributed by atoms with Crippen molar-refractivity contribution < 1.29 is 4.79 Å². The number of primary amides is 1. The van der Waals surface area contributed by atoms with Crippen molar-refractivity contribution in [1.82, 2.24) is 10.3 Å². The maximum absolute atomic E-state index is 11.7. The van der Waals surface area contributed by atoms with Crippen LogP contribution in [0, 0.1) is 12.8 Å². The summed E-state index contributed by atoms with van der Waals surface area (Å²) in [5.74, 6) is 0.381. The smallest absolute Gasteiger partial charge is 0.239 e. The van der Waals surface area contributed by atoms with Crippen LogP contribution in [0.2, 0.25) is 0 Å². The van der Waals surface area contributed by atoms with Gasteiger partial charge < -0.3 is 11.1 Å². The number of nitrogens with two attached hydrogens (primary N) is 1. The van der Waals surface area contributed by atoms with E-state index in [4.69, 9.17) is 5.73 Å². The van der Waals surface area contributed by atoms with Crippen LogP contribution in [-0.2, 0) is 4.79 Å². The van der Waals surface area contributed by atoms with Gasteiger partial charge in [-0.05, 0) is 56.0 Å². The van der Waals surface area contributed by atoms with Crippen LogP contribution in [0.4, 0.5) is 0 Å². The lowest BCUT2D eigenvalue weighted by atomic mass is 10.0. The van der Waals surface area contributed by atoms with Gasteiger partial charge in [-0.1, -0.05) is 12.1 Å². The number of nitrogens with zero attached hydrogens (tertiary/aromatic N) is 1. The molecular weight excluding hydrogens is 250 g/mol. The lowest BCUT2D eigenvalue weighted by molar-refractivity contribution is -0.120. The Bertz CT molecular complexity index is 649. The maximum Gasteiger partial charge on any atom is 0.239 e. The summed E-state index contributed by atoms with van der Waals surface area (Å²) in [4.78, 5) is 16.1. The van der Waals surface area contributed by atoms with E-state index in [0.29, 0.717) is 5.92 Å². The largest absolute Gasteiger partial charge is 0.368 e. The van der Waals surface area contributed by atoms with Crippen molar-refractivity contribution >= 4 is 16.8 Å². The van der Waals surface area contributed by atoms with Crippen LogP contribution < -0.4 is 11.1 Å². The first-order valence-corrected chi connectivity index (χ1v) is 7.03. The Morgan fingerprint density at radius 1 is 1.40 bits per heavy atom. The molecule has 4 nitrogen and oxygen atoms in total. The fourth-order valence-corrected chi connectivity index (χ4v) is 2.41. The molecule has 1 aromatic carbocycles. The number of benzene rings is 1. The molecule has 1 heterocycles. The van der Waals surface area contributed by atoms with Crippen molar-refractivity contribution in [2.75, 3.05) is 6.54 Å². The number of hydrogen-bond donors (Lipinski definition) is 2. The predicted octanol–water partition coefficient (Wildman–Crippen LogP) is 2.07. The van der Waals surface area contributed by atoms with Crippen LogP contribution in [0.5, 0.6) is 0 Å². The van der Waals surface area contributed by atoms with Crippen LogP contribution in [0.1, 0.15) is 30.1 Å². The minimum Gasteiger partial charge on any atom is -0.368 e. The zero-order valence-corrected chi connectivity index (χ0v) is 11.6. The number of fused-ring (bicyclic) bond motifs is 1. The van der Waals surface area contributed by atoms with Crippen molar-refractivity contribution in [1.29, 1.82) is 0 Å². The Morgan fingerprint density at radius 2 is 2.20 bits per heavy atom. The molecule has 0 radical (unpaired) electrons. The highest BCUT2D eigenvalue weighted by atomic mass is 16.1. The molecule has 0 spiro atoms. The van der Waals surface area contributed by atoms with Crippen molar-refractivity contribution in [2.24, 2.45) is 11.7 Å². The number of hydrogen-bond acceptors (Lipinski definition) is 3. The summed E-state index contributed by atoms with van der Waals surface area (Å²) in [6.07, 6.45) is 2.50. The Morgan fingerprint density at radius 3 is 2.90 bits per heavy atom. The first-order chi connectivity index (χ1) is 9.63. The molecule has 3 N–H and O–H groups in total. The summed E-state index contributed by atoms with van der Waals surface area (Å²) in [6.45, 7) is 2.83. The second-order valence-electron chi connectivity index (χ2n) is 5.59. The molecule has 20 heavy (non-hydrogen) atoms. The summed E-state index contributed by atoms with van der Waals surface area (Å²) in [6, 6.07) is 9.47. The molecular formula is C16H19N3O. The van der Waals surface area contributed by atoms with Crippen LogP contribution in [0.15, 0.2) is 30.3 Å². The first kappa shape index (κ1) is 13.1. The van der Waals surface area contributed by atoms with E-state index in [0.717, 1.165) is 28.7 Å². The van der Waals surface area contributed by atoms with Crippen molar-refractivity contribution in [3.63, 3.8) is 0 Å². The van der Waals surface area contributed by atoms with Crippen LogP contribution in [-0.4, -0.2) is 17.4 Å². The fourth-order valence-electron chi connectivity index (χ4n) is 2.41. The van der Waals surface area contributed by atoms with E-state index in [2.05, 4.69) is 10.3 Å². The van der Waals surface area contributed by atoms with Gasteiger partial charge in [-0.25, -0.2) is 0 Å². The SMILES string of the molecule is Cc1ccc2cc(C(NCC3CC3)C(N)=O)ccc2n1. The Labute approximate surface area is 118 Å². The van der Waals surface area contributed by atoms with E-state index in [-0.39, 0.29) is 5.91 Å². The van der Waals surface area contributed by atoms with Gasteiger partial charge in [0.2, 0.25) is 5.91 Å². The van der Waals surface area contributed by atoms with Crippen LogP contribution in [0.3, 0.4) is 0 Å². The normalized spacial score (nSPS) is 16.2. The predicted molar refractivity (Wildman–Crippen MR) is 79.1 cm³/mol. The second kappa shape index (κ2) is 5.21. The lowest BCUT2D eigenvalue weighted by Gasteiger charge is -2.16.